The lowest BCUT2D eigenvalue weighted by Crippen LogP contribution is -2.49. The number of rotatable bonds is 5. The number of piperazine rings is 1. The van der Waals surface area contributed by atoms with Gasteiger partial charge in [0.15, 0.2) is 0 Å². The van der Waals surface area contributed by atoms with Gasteiger partial charge in [0, 0.05) is 44.4 Å². The number of methoxy groups -OCH3 is 2. The van der Waals surface area contributed by atoms with E-state index in [1.807, 2.05) is 4.90 Å². The summed E-state index contributed by atoms with van der Waals surface area (Å²) in [5, 5.41) is 0. The highest BCUT2D eigenvalue weighted by Crippen LogP contribution is 2.23. The minimum absolute atomic E-state index is 0.0430. The summed E-state index contributed by atoms with van der Waals surface area (Å²) in [6.07, 6.45) is 0. The predicted molar refractivity (Wildman–Crippen MR) is 86.7 cm³/mol. The first-order valence-corrected chi connectivity index (χ1v) is 7.78. The van der Waals surface area contributed by atoms with Crippen molar-refractivity contribution in [1.82, 2.24) is 9.80 Å². The van der Waals surface area contributed by atoms with E-state index in [0.717, 1.165) is 32.7 Å². The summed E-state index contributed by atoms with van der Waals surface area (Å²) in [5.41, 5.74) is 0.619. The Morgan fingerprint density at radius 1 is 1.05 bits per heavy atom. The Morgan fingerprint density at radius 2 is 1.59 bits per heavy atom. The second kappa shape index (κ2) is 7.49. The summed E-state index contributed by atoms with van der Waals surface area (Å²) in [6.45, 7) is 8.95. The minimum atomic E-state index is 0.0430. The molecule has 0 bridgehead atoms. The van der Waals surface area contributed by atoms with Gasteiger partial charge >= 0.3 is 0 Å². The van der Waals surface area contributed by atoms with Gasteiger partial charge in [0.2, 0.25) is 0 Å². The zero-order valence-electron chi connectivity index (χ0n) is 14.0. The summed E-state index contributed by atoms with van der Waals surface area (Å²) < 4.78 is 10.5. The Morgan fingerprint density at radius 3 is 2.05 bits per heavy atom. The first-order valence-electron chi connectivity index (χ1n) is 7.78. The molecule has 5 nitrogen and oxygen atoms in total. The highest BCUT2D eigenvalue weighted by molar-refractivity contribution is 5.95. The fraction of sp³-hybridized carbons (Fsp3) is 0.588. The van der Waals surface area contributed by atoms with E-state index in [4.69, 9.17) is 9.47 Å². The Labute approximate surface area is 132 Å². The number of amides is 1. The fourth-order valence-corrected chi connectivity index (χ4v) is 2.76. The maximum Gasteiger partial charge on any atom is 0.254 e. The van der Waals surface area contributed by atoms with Crippen molar-refractivity contribution in [1.29, 1.82) is 0 Å². The molecule has 0 unspecified atom stereocenters. The number of hydrogen-bond donors (Lipinski definition) is 0. The van der Waals surface area contributed by atoms with Crippen LogP contribution in [0.2, 0.25) is 0 Å². The molecule has 1 fully saturated rings. The van der Waals surface area contributed by atoms with E-state index in [-0.39, 0.29) is 5.91 Å². The monoisotopic (exact) mass is 306 g/mol. The molecular formula is C17H26N2O3. The molecule has 2 rings (SSSR count). The van der Waals surface area contributed by atoms with Gasteiger partial charge in [-0.15, -0.1) is 0 Å². The van der Waals surface area contributed by atoms with E-state index >= 15 is 0 Å². The van der Waals surface area contributed by atoms with E-state index in [1.54, 1.807) is 32.4 Å². The van der Waals surface area contributed by atoms with E-state index in [1.165, 1.54) is 0 Å². The van der Waals surface area contributed by atoms with Gasteiger partial charge in [-0.05, 0) is 18.1 Å². The highest BCUT2D eigenvalue weighted by atomic mass is 16.5. The topological polar surface area (TPSA) is 42.0 Å². The Bertz CT molecular complexity index is 486. The Kier molecular flexibility index (Phi) is 5.66. The molecule has 0 radical (unpaired) electrons. The number of ether oxygens (including phenoxy) is 2. The summed E-state index contributed by atoms with van der Waals surface area (Å²) >= 11 is 0. The number of carbonyl (C=O) groups excluding carboxylic acids is 1. The fourth-order valence-electron chi connectivity index (χ4n) is 2.76. The van der Waals surface area contributed by atoms with Crippen LogP contribution in [0.3, 0.4) is 0 Å². The molecule has 0 saturated carbocycles. The number of nitrogens with zero attached hydrogens (tertiary/aromatic N) is 2. The van der Waals surface area contributed by atoms with Gasteiger partial charge in [-0.1, -0.05) is 13.8 Å². The minimum Gasteiger partial charge on any atom is -0.497 e. The molecule has 1 amide bonds. The van der Waals surface area contributed by atoms with Crippen molar-refractivity contribution in [3.63, 3.8) is 0 Å². The van der Waals surface area contributed by atoms with Crippen molar-refractivity contribution in [2.24, 2.45) is 5.92 Å². The van der Waals surface area contributed by atoms with Crippen LogP contribution >= 0.6 is 0 Å². The molecule has 0 aliphatic carbocycles. The lowest BCUT2D eigenvalue weighted by atomic mass is 10.1. The molecule has 5 heteroatoms. The smallest absolute Gasteiger partial charge is 0.254 e. The normalized spacial score (nSPS) is 16.0. The molecule has 1 aliphatic heterocycles. The molecule has 0 N–H and O–H groups in total. The molecule has 1 aromatic rings. The van der Waals surface area contributed by atoms with Crippen LogP contribution in [0.25, 0.3) is 0 Å². The van der Waals surface area contributed by atoms with E-state index in [9.17, 15) is 4.79 Å². The molecule has 1 heterocycles. The highest BCUT2D eigenvalue weighted by Gasteiger charge is 2.23. The molecule has 1 saturated heterocycles. The number of carbonyl (C=O) groups is 1. The molecule has 22 heavy (non-hydrogen) atoms. The van der Waals surface area contributed by atoms with E-state index in [2.05, 4.69) is 18.7 Å². The molecule has 122 valence electrons. The van der Waals surface area contributed by atoms with Crippen LogP contribution in [0.5, 0.6) is 11.5 Å². The van der Waals surface area contributed by atoms with Crippen molar-refractivity contribution in [2.45, 2.75) is 13.8 Å². The Hall–Kier alpha value is -1.75. The van der Waals surface area contributed by atoms with Gasteiger partial charge in [0.1, 0.15) is 11.5 Å². The van der Waals surface area contributed by atoms with Gasteiger partial charge in [0.05, 0.1) is 14.2 Å². The summed E-state index contributed by atoms with van der Waals surface area (Å²) in [6, 6.07) is 5.31. The van der Waals surface area contributed by atoms with Crippen LogP contribution in [-0.2, 0) is 0 Å². The van der Waals surface area contributed by atoms with Gasteiger partial charge < -0.3 is 14.4 Å². The predicted octanol–water partition coefficient (Wildman–Crippen LogP) is 2.12. The largest absolute Gasteiger partial charge is 0.497 e. The van der Waals surface area contributed by atoms with Crippen LogP contribution in [0.4, 0.5) is 0 Å². The summed E-state index contributed by atoms with van der Waals surface area (Å²) in [5.74, 6) is 1.98. The third kappa shape index (κ3) is 4.13. The van der Waals surface area contributed by atoms with Crippen molar-refractivity contribution in [3.8, 4) is 11.5 Å². The zero-order chi connectivity index (χ0) is 16.1. The second-order valence-corrected chi connectivity index (χ2v) is 6.09. The summed E-state index contributed by atoms with van der Waals surface area (Å²) in [4.78, 5) is 17.0. The molecule has 1 aromatic carbocycles. The average Bonchev–Trinajstić information content (AvgIpc) is 2.53. The van der Waals surface area contributed by atoms with Crippen LogP contribution in [0.15, 0.2) is 18.2 Å². The van der Waals surface area contributed by atoms with Gasteiger partial charge in [-0.25, -0.2) is 0 Å². The third-order valence-corrected chi connectivity index (χ3v) is 3.88. The van der Waals surface area contributed by atoms with Crippen molar-refractivity contribution in [2.75, 3.05) is 46.9 Å². The van der Waals surface area contributed by atoms with Gasteiger partial charge in [-0.3, -0.25) is 9.69 Å². The summed E-state index contributed by atoms with van der Waals surface area (Å²) in [7, 11) is 3.18. The first kappa shape index (κ1) is 16.6. The lowest BCUT2D eigenvalue weighted by Gasteiger charge is -2.35. The van der Waals surface area contributed by atoms with Crippen LogP contribution in [-0.4, -0.2) is 62.7 Å². The Balaban J connectivity index is 2.03. The van der Waals surface area contributed by atoms with E-state index in [0.29, 0.717) is 23.0 Å². The SMILES string of the molecule is COc1cc(OC)cc(C(=O)N2CCN(CC(C)C)CC2)c1. The molecular weight excluding hydrogens is 280 g/mol. The standard InChI is InChI=1S/C17H26N2O3/c1-13(2)12-18-5-7-19(8-6-18)17(20)14-9-15(21-3)11-16(10-14)22-4/h9-11,13H,5-8,12H2,1-4H3. The van der Waals surface area contributed by atoms with Crippen molar-refractivity contribution in [3.05, 3.63) is 23.8 Å². The van der Waals surface area contributed by atoms with E-state index < -0.39 is 0 Å². The van der Waals surface area contributed by atoms with Gasteiger partial charge in [-0.2, -0.15) is 0 Å². The van der Waals surface area contributed by atoms with Gasteiger partial charge in [0.25, 0.3) is 5.91 Å². The van der Waals surface area contributed by atoms with Crippen LogP contribution in [0, 0.1) is 5.92 Å². The van der Waals surface area contributed by atoms with Crippen LogP contribution in [0.1, 0.15) is 24.2 Å². The maximum atomic E-state index is 12.7. The molecule has 0 spiro atoms. The third-order valence-electron chi connectivity index (χ3n) is 3.88. The molecule has 0 aromatic heterocycles. The quantitative estimate of drug-likeness (QED) is 0.835. The average molecular weight is 306 g/mol. The number of hydrogen-bond acceptors (Lipinski definition) is 4. The maximum absolute atomic E-state index is 12.7. The molecule has 1 aliphatic rings. The first-order chi connectivity index (χ1) is 10.5. The lowest BCUT2D eigenvalue weighted by molar-refractivity contribution is 0.0623. The van der Waals surface area contributed by atoms with Crippen LogP contribution < -0.4 is 9.47 Å². The van der Waals surface area contributed by atoms with Crippen molar-refractivity contribution < 1.29 is 14.3 Å². The zero-order valence-corrected chi connectivity index (χ0v) is 14.0. The molecule has 0 atom stereocenters. The number of benzene rings is 1. The van der Waals surface area contributed by atoms with Crippen molar-refractivity contribution >= 4 is 5.91 Å². The second-order valence-electron chi connectivity index (χ2n) is 6.09.